The second-order valence-corrected chi connectivity index (χ2v) is 5.16. The molecule has 0 aromatic heterocycles. The predicted octanol–water partition coefficient (Wildman–Crippen LogP) is 3.27. The van der Waals surface area contributed by atoms with Gasteiger partial charge < -0.3 is 10.1 Å². The summed E-state index contributed by atoms with van der Waals surface area (Å²) in [6.07, 6.45) is 1.71. The van der Waals surface area contributed by atoms with Crippen LogP contribution in [0.15, 0.2) is 59.2 Å². The van der Waals surface area contributed by atoms with E-state index in [-0.39, 0.29) is 5.91 Å². The van der Waals surface area contributed by atoms with Gasteiger partial charge in [-0.05, 0) is 48.0 Å². The number of amidine groups is 1. The fourth-order valence-electron chi connectivity index (χ4n) is 2.11. The van der Waals surface area contributed by atoms with E-state index in [0.29, 0.717) is 16.6 Å². The van der Waals surface area contributed by atoms with Gasteiger partial charge in [-0.3, -0.25) is 4.79 Å². The summed E-state index contributed by atoms with van der Waals surface area (Å²) >= 11 is 5.94. The van der Waals surface area contributed by atoms with Gasteiger partial charge in [-0.15, -0.1) is 0 Å². The molecule has 0 radical (unpaired) electrons. The molecule has 0 saturated carbocycles. The Balaban J connectivity index is 1.90. The molecule has 0 unspecified atom stereocenters. The normalized spacial score (nSPS) is 15.6. The Bertz CT molecular complexity index is 780. The first-order chi connectivity index (χ1) is 10.7. The number of nitrogens with zero attached hydrogens (tertiary/aromatic N) is 1. The molecule has 5 heteroatoms. The maximum absolute atomic E-state index is 12.0. The number of carbonyl (C=O) groups excluding carboxylic acids is 1. The molecule has 2 aromatic rings. The SMILES string of the molecule is COc1ccc(C2=N/C(=C/c3cccc(Cl)c3)C(=O)N2)cc1. The van der Waals surface area contributed by atoms with E-state index < -0.39 is 0 Å². The summed E-state index contributed by atoms with van der Waals surface area (Å²) in [6, 6.07) is 14.6. The van der Waals surface area contributed by atoms with Crippen molar-refractivity contribution in [2.24, 2.45) is 4.99 Å². The fraction of sp³-hybridized carbons (Fsp3) is 0.0588. The third kappa shape index (κ3) is 3.02. The molecule has 0 saturated heterocycles. The maximum Gasteiger partial charge on any atom is 0.275 e. The monoisotopic (exact) mass is 312 g/mol. The molecule has 0 aliphatic carbocycles. The number of nitrogens with one attached hydrogen (secondary N) is 1. The largest absolute Gasteiger partial charge is 0.497 e. The lowest BCUT2D eigenvalue weighted by atomic mass is 10.2. The van der Waals surface area contributed by atoms with Gasteiger partial charge in [0.05, 0.1) is 7.11 Å². The summed E-state index contributed by atoms with van der Waals surface area (Å²) in [6.45, 7) is 0. The van der Waals surface area contributed by atoms with Gasteiger partial charge in [-0.1, -0.05) is 23.7 Å². The van der Waals surface area contributed by atoms with Gasteiger partial charge in [0.25, 0.3) is 5.91 Å². The smallest absolute Gasteiger partial charge is 0.275 e. The Hall–Kier alpha value is -2.59. The maximum atomic E-state index is 12.0. The standard InChI is InChI=1S/C17H13ClN2O2/c1-22-14-7-5-12(6-8-14)16-19-15(17(21)20-16)10-11-3-2-4-13(18)9-11/h2-10H,1H3,(H,19,20,21)/b15-10+. The molecule has 110 valence electrons. The first-order valence-electron chi connectivity index (χ1n) is 6.67. The molecule has 0 spiro atoms. The van der Waals surface area contributed by atoms with Crippen molar-refractivity contribution in [1.29, 1.82) is 0 Å². The fourth-order valence-corrected chi connectivity index (χ4v) is 2.31. The number of amides is 1. The second-order valence-electron chi connectivity index (χ2n) is 4.73. The molecule has 1 aliphatic rings. The van der Waals surface area contributed by atoms with Crippen molar-refractivity contribution < 1.29 is 9.53 Å². The van der Waals surface area contributed by atoms with Crippen LogP contribution in [0.3, 0.4) is 0 Å². The molecular weight excluding hydrogens is 300 g/mol. The van der Waals surface area contributed by atoms with Crippen molar-refractivity contribution in [2.75, 3.05) is 7.11 Å². The number of halogens is 1. The zero-order chi connectivity index (χ0) is 15.5. The van der Waals surface area contributed by atoms with E-state index in [1.54, 1.807) is 25.3 Å². The molecular formula is C17H13ClN2O2. The third-order valence-corrected chi connectivity index (χ3v) is 3.45. The van der Waals surface area contributed by atoms with Crippen LogP contribution >= 0.6 is 11.6 Å². The average molecular weight is 313 g/mol. The molecule has 4 nitrogen and oxygen atoms in total. The molecule has 22 heavy (non-hydrogen) atoms. The highest BCUT2D eigenvalue weighted by molar-refractivity contribution is 6.30. The van der Waals surface area contributed by atoms with Crippen LogP contribution in [-0.4, -0.2) is 18.9 Å². The van der Waals surface area contributed by atoms with E-state index >= 15 is 0 Å². The van der Waals surface area contributed by atoms with E-state index in [1.807, 2.05) is 36.4 Å². The molecule has 1 N–H and O–H groups in total. The number of rotatable bonds is 3. The molecule has 1 heterocycles. The van der Waals surface area contributed by atoms with E-state index in [9.17, 15) is 4.79 Å². The van der Waals surface area contributed by atoms with Crippen LogP contribution in [0.25, 0.3) is 6.08 Å². The lowest BCUT2D eigenvalue weighted by Crippen LogP contribution is -2.24. The van der Waals surface area contributed by atoms with Crippen molar-refractivity contribution in [3.05, 3.63) is 70.4 Å². The van der Waals surface area contributed by atoms with Crippen molar-refractivity contribution in [1.82, 2.24) is 5.32 Å². The van der Waals surface area contributed by atoms with Gasteiger partial charge in [-0.2, -0.15) is 0 Å². The van der Waals surface area contributed by atoms with Crippen molar-refractivity contribution >= 4 is 29.4 Å². The Labute approximate surface area is 133 Å². The van der Waals surface area contributed by atoms with Gasteiger partial charge >= 0.3 is 0 Å². The first-order valence-corrected chi connectivity index (χ1v) is 7.05. The summed E-state index contributed by atoms with van der Waals surface area (Å²) < 4.78 is 5.11. The Morgan fingerprint density at radius 2 is 1.95 bits per heavy atom. The van der Waals surface area contributed by atoms with Crippen LogP contribution in [-0.2, 0) is 4.79 Å². The molecule has 0 atom stereocenters. The number of benzene rings is 2. The topological polar surface area (TPSA) is 50.7 Å². The van der Waals surface area contributed by atoms with Crippen molar-refractivity contribution in [3.63, 3.8) is 0 Å². The first kappa shape index (κ1) is 14.4. The van der Waals surface area contributed by atoms with Gasteiger partial charge in [0.1, 0.15) is 17.3 Å². The van der Waals surface area contributed by atoms with Crippen LogP contribution < -0.4 is 10.1 Å². The Morgan fingerprint density at radius 1 is 1.18 bits per heavy atom. The summed E-state index contributed by atoms with van der Waals surface area (Å²) in [5.41, 5.74) is 2.01. The summed E-state index contributed by atoms with van der Waals surface area (Å²) in [4.78, 5) is 16.4. The number of ether oxygens (including phenoxy) is 1. The summed E-state index contributed by atoms with van der Waals surface area (Å²) in [5.74, 6) is 1.05. The van der Waals surface area contributed by atoms with E-state index in [0.717, 1.165) is 16.9 Å². The van der Waals surface area contributed by atoms with Crippen molar-refractivity contribution in [3.8, 4) is 5.75 Å². The van der Waals surface area contributed by atoms with Gasteiger partial charge in [0.15, 0.2) is 0 Å². The zero-order valence-corrected chi connectivity index (χ0v) is 12.6. The summed E-state index contributed by atoms with van der Waals surface area (Å²) in [5, 5.41) is 3.38. The number of aliphatic imine (C=N–C) groups is 1. The zero-order valence-electron chi connectivity index (χ0n) is 11.8. The quantitative estimate of drug-likeness (QED) is 0.884. The van der Waals surface area contributed by atoms with Crippen LogP contribution in [0.4, 0.5) is 0 Å². The summed E-state index contributed by atoms with van der Waals surface area (Å²) in [7, 11) is 1.61. The molecule has 0 bridgehead atoms. The van der Waals surface area contributed by atoms with Gasteiger partial charge in [0.2, 0.25) is 0 Å². The van der Waals surface area contributed by atoms with Crippen LogP contribution in [0.2, 0.25) is 5.02 Å². The Morgan fingerprint density at radius 3 is 2.64 bits per heavy atom. The second kappa shape index (κ2) is 6.03. The Kier molecular flexibility index (Phi) is 3.94. The predicted molar refractivity (Wildman–Crippen MR) is 87.1 cm³/mol. The third-order valence-electron chi connectivity index (χ3n) is 3.21. The minimum atomic E-state index is -0.231. The average Bonchev–Trinajstić information content (AvgIpc) is 2.88. The number of hydrogen-bond donors (Lipinski definition) is 1. The van der Waals surface area contributed by atoms with E-state index in [4.69, 9.17) is 16.3 Å². The highest BCUT2D eigenvalue weighted by atomic mass is 35.5. The number of methoxy groups -OCH3 is 1. The van der Waals surface area contributed by atoms with E-state index in [1.165, 1.54) is 0 Å². The number of carbonyl (C=O) groups is 1. The van der Waals surface area contributed by atoms with E-state index in [2.05, 4.69) is 10.3 Å². The minimum absolute atomic E-state index is 0.231. The minimum Gasteiger partial charge on any atom is -0.497 e. The molecule has 0 fully saturated rings. The van der Waals surface area contributed by atoms with Crippen LogP contribution in [0.5, 0.6) is 5.75 Å². The highest BCUT2D eigenvalue weighted by Crippen LogP contribution is 2.19. The molecule has 1 amide bonds. The number of hydrogen-bond acceptors (Lipinski definition) is 3. The highest BCUT2D eigenvalue weighted by Gasteiger charge is 2.21. The van der Waals surface area contributed by atoms with Crippen LogP contribution in [0.1, 0.15) is 11.1 Å². The van der Waals surface area contributed by atoms with Crippen LogP contribution in [0, 0.1) is 0 Å². The van der Waals surface area contributed by atoms with Gasteiger partial charge in [-0.25, -0.2) is 4.99 Å². The molecule has 1 aliphatic heterocycles. The lowest BCUT2D eigenvalue weighted by Gasteiger charge is -2.02. The molecule has 3 rings (SSSR count). The molecule has 2 aromatic carbocycles. The lowest BCUT2D eigenvalue weighted by molar-refractivity contribution is -0.115. The van der Waals surface area contributed by atoms with Gasteiger partial charge in [0, 0.05) is 10.6 Å². The van der Waals surface area contributed by atoms with Crippen molar-refractivity contribution in [2.45, 2.75) is 0 Å².